The minimum absolute atomic E-state index is 0.0594. The van der Waals surface area contributed by atoms with Gasteiger partial charge in [0.25, 0.3) is 11.7 Å². The van der Waals surface area contributed by atoms with E-state index in [4.69, 9.17) is 0 Å². The van der Waals surface area contributed by atoms with Crippen molar-refractivity contribution in [3.05, 3.63) is 48.3 Å². The Balaban J connectivity index is 1.40. The van der Waals surface area contributed by atoms with Gasteiger partial charge in [-0.25, -0.2) is 9.50 Å². The van der Waals surface area contributed by atoms with Crippen LogP contribution in [-0.4, -0.2) is 49.6 Å². The molecule has 28 heavy (non-hydrogen) atoms. The highest BCUT2D eigenvalue weighted by atomic mass is 19.4. The van der Waals surface area contributed by atoms with Gasteiger partial charge in [-0.1, -0.05) is 0 Å². The van der Waals surface area contributed by atoms with E-state index in [9.17, 15) is 18.0 Å². The quantitative estimate of drug-likeness (QED) is 0.734. The molecule has 146 valence electrons. The smallest absolute Gasteiger partial charge is 0.371 e. The molecule has 0 saturated carbocycles. The summed E-state index contributed by atoms with van der Waals surface area (Å²) in [6.07, 6.45) is 1.43. The van der Waals surface area contributed by atoms with E-state index in [2.05, 4.69) is 30.3 Å². The average molecular weight is 391 g/mol. The Morgan fingerprint density at radius 3 is 2.50 bits per heavy atom. The Morgan fingerprint density at radius 2 is 1.82 bits per heavy atom. The van der Waals surface area contributed by atoms with Crippen molar-refractivity contribution in [1.29, 1.82) is 0 Å². The third kappa shape index (κ3) is 3.73. The zero-order valence-corrected chi connectivity index (χ0v) is 14.6. The summed E-state index contributed by atoms with van der Waals surface area (Å²) in [6.45, 7) is 1.54. The molecule has 0 bridgehead atoms. The second kappa shape index (κ2) is 7.06. The number of rotatable bonds is 3. The number of halogens is 3. The molecule has 0 spiro atoms. The van der Waals surface area contributed by atoms with Crippen LogP contribution in [0.4, 0.5) is 18.9 Å². The molecule has 0 radical (unpaired) electrons. The molecule has 1 saturated heterocycles. The number of carbonyl (C=O) groups excluding carboxylic acids is 1. The van der Waals surface area contributed by atoms with Crippen LogP contribution in [0.3, 0.4) is 0 Å². The average Bonchev–Trinajstić information content (AvgIpc) is 3.12. The maximum Gasteiger partial charge on any atom is 0.433 e. The Kier molecular flexibility index (Phi) is 4.57. The van der Waals surface area contributed by atoms with Crippen molar-refractivity contribution in [2.75, 3.05) is 18.0 Å². The minimum Gasteiger partial charge on any atom is -0.371 e. The van der Waals surface area contributed by atoms with E-state index in [-0.39, 0.29) is 17.6 Å². The third-order valence-electron chi connectivity index (χ3n) is 4.56. The van der Waals surface area contributed by atoms with Gasteiger partial charge in [0.05, 0.1) is 0 Å². The number of hydrogen-bond donors (Lipinski definition) is 1. The van der Waals surface area contributed by atoms with Crippen molar-refractivity contribution in [2.45, 2.75) is 25.1 Å². The Morgan fingerprint density at radius 1 is 1.11 bits per heavy atom. The molecular weight excluding hydrogens is 375 g/mol. The molecule has 3 aromatic heterocycles. The van der Waals surface area contributed by atoms with Crippen LogP contribution in [0, 0.1) is 0 Å². The maximum atomic E-state index is 12.7. The number of amides is 1. The fourth-order valence-electron chi connectivity index (χ4n) is 3.12. The summed E-state index contributed by atoms with van der Waals surface area (Å²) in [5, 5.41) is 6.76. The van der Waals surface area contributed by atoms with E-state index >= 15 is 0 Å². The molecule has 8 nitrogen and oxygen atoms in total. The van der Waals surface area contributed by atoms with E-state index in [1.165, 1.54) is 0 Å². The van der Waals surface area contributed by atoms with Crippen molar-refractivity contribution in [2.24, 2.45) is 0 Å². The highest BCUT2D eigenvalue weighted by Crippen LogP contribution is 2.27. The lowest BCUT2D eigenvalue weighted by Crippen LogP contribution is -2.45. The number of piperidine rings is 1. The molecule has 1 amide bonds. The standard InChI is InChI=1S/C17H16F3N7O/c18-17(19,20)13-5-10-27-16(23-13)24-14(25-27)15(28)22-11-3-8-26(9-4-11)12-1-6-21-7-2-12/h1-2,5-7,10-11H,3-4,8-9H2,(H,22,28). The molecule has 0 aliphatic carbocycles. The molecule has 0 unspecified atom stereocenters. The second-order valence-electron chi connectivity index (χ2n) is 6.43. The topological polar surface area (TPSA) is 88.3 Å². The number of fused-ring (bicyclic) bond motifs is 1. The van der Waals surface area contributed by atoms with Gasteiger partial charge in [0.2, 0.25) is 5.82 Å². The molecule has 0 atom stereocenters. The highest BCUT2D eigenvalue weighted by molar-refractivity contribution is 5.91. The van der Waals surface area contributed by atoms with Crippen LogP contribution in [0.2, 0.25) is 0 Å². The van der Waals surface area contributed by atoms with Gasteiger partial charge in [0, 0.05) is 43.4 Å². The van der Waals surface area contributed by atoms with Gasteiger partial charge in [0.15, 0.2) is 0 Å². The molecule has 11 heteroatoms. The molecule has 3 aromatic rings. The first-order valence-corrected chi connectivity index (χ1v) is 8.66. The zero-order chi connectivity index (χ0) is 19.7. The largest absolute Gasteiger partial charge is 0.433 e. The van der Waals surface area contributed by atoms with Crippen LogP contribution in [0.25, 0.3) is 5.78 Å². The van der Waals surface area contributed by atoms with Crippen molar-refractivity contribution < 1.29 is 18.0 Å². The van der Waals surface area contributed by atoms with Crippen LogP contribution in [0.5, 0.6) is 0 Å². The fourth-order valence-corrected chi connectivity index (χ4v) is 3.12. The predicted octanol–water partition coefficient (Wildman–Crippen LogP) is 1.94. The molecule has 4 rings (SSSR count). The van der Waals surface area contributed by atoms with Gasteiger partial charge >= 0.3 is 6.18 Å². The number of hydrogen-bond acceptors (Lipinski definition) is 6. The van der Waals surface area contributed by atoms with Crippen molar-refractivity contribution in [3.8, 4) is 0 Å². The van der Waals surface area contributed by atoms with Gasteiger partial charge in [-0.2, -0.15) is 18.2 Å². The van der Waals surface area contributed by atoms with Crippen molar-refractivity contribution in [1.82, 2.24) is 29.9 Å². The van der Waals surface area contributed by atoms with Crippen molar-refractivity contribution in [3.63, 3.8) is 0 Å². The number of carbonyl (C=O) groups is 1. The van der Waals surface area contributed by atoms with E-state index in [0.29, 0.717) is 0 Å². The first kappa shape index (κ1) is 18.1. The first-order valence-electron chi connectivity index (χ1n) is 8.66. The Hall–Kier alpha value is -3.24. The molecule has 1 aliphatic heterocycles. The molecule has 1 fully saturated rings. The molecule has 0 aromatic carbocycles. The van der Waals surface area contributed by atoms with Crippen LogP contribution in [0.1, 0.15) is 29.2 Å². The summed E-state index contributed by atoms with van der Waals surface area (Å²) in [4.78, 5) is 25.8. The van der Waals surface area contributed by atoms with Crippen LogP contribution in [-0.2, 0) is 6.18 Å². The number of nitrogens with zero attached hydrogens (tertiary/aromatic N) is 6. The SMILES string of the molecule is O=C(NC1CCN(c2ccncc2)CC1)c1nc2nc(C(F)(F)F)ccn2n1. The number of nitrogens with one attached hydrogen (secondary N) is 1. The Labute approximate surface area is 157 Å². The van der Waals surface area contributed by atoms with Crippen LogP contribution < -0.4 is 10.2 Å². The predicted molar refractivity (Wildman–Crippen MR) is 92.7 cm³/mol. The fraction of sp³-hybridized carbons (Fsp3) is 0.353. The summed E-state index contributed by atoms with van der Waals surface area (Å²) in [7, 11) is 0. The number of anilines is 1. The monoisotopic (exact) mass is 391 g/mol. The summed E-state index contributed by atoms with van der Waals surface area (Å²) in [6, 6.07) is 4.59. The lowest BCUT2D eigenvalue weighted by molar-refractivity contribution is -0.141. The highest BCUT2D eigenvalue weighted by Gasteiger charge is 2.33. The summed E-state index contributed by atoms with van der Waals surface area (Å²) >= 11 is 0. The zero-order valence-electron chi connectivity index (χ0n) is 14.6. The summed E-state index contributed by atoms with van der Waals surface area (Å²) < 4.78 is 39.3. The third-order valence-corrected chi connectivity index (χ3v) is 4.56. The summed E-state index contributed by atoms with van der Waals surface area (Å²) in [5.74, 6) is -1.00. The Bertz CT molecular complexity index is 981. The lowest BCUT2D eigenvalue weighted by atomic mass is 10.0. The summed E-state index contributed by atoms with van der Waals surface area (Å²) in [5.41, 5.74) is -0.00354. The van der Waals surface area contributed by atoms with Crippen LogP contribution >= 0.6 is 0 Å². The lowest BCUT2D eigenvalue weighted by Gasteiger charge is -2.33. The molecule has 4 heterocycles. The second-order valence-corrected chi connectivity index (χ2v) is 6.43. The van der Waals surface area contributed by atoms with Gasteiger partial charge in [0.1, 0.15) is 5.69 Å². The van der Waals surface area contributed by atoms with E-state index in [0.717, 1.165) is 48.4 Å². The van der Waals surface area contributed by atoms with E-state index in [1.54, 1.807) is 12.4 Å². The minimum atomic E-state index is -4.58. The van der Waals surface area contributed by atoms with E-state index < -0.39 is 17.8 Å². The normalized spacial score (nSPS) is 15.8. The van der Waals surface area contributed by atoms with Gasteiger partial charge < -0.3 is 10.2 Å². The molecular formula is C17H16F3N7O. The number of pyridine rings is 1. The van der Waals surface area contributed by atoms with E-state index in [1.807, 2.05) is 12.1 Å². The molecule has 1 N–H and O–H groups in total. The van der Waals surface area contributed by atoms with Crippen molar-refractivity contribution >= 4 is 17.4 Å². The van der Waals surface area contributed by atoms with Gasteiger partial charge in [-0.3, -0.25) is 9.78 Å². The maximum absolute atomic E-state index is 12.7. The number of aromatic nitrogens is 5. The molecule has 1 aliphatic rings. The van der Waals surface area contributed by atoms with Gasteiger partial charge in [-0.15, -0.1) is 5.10 Å². The first-order chi connectivity index (χ1) is 13.4. The van der Waals surface area contributed by atoms with Gasteiger partial charge in [-0.05, 0) is 31.0 Å². The van der Waals surface area contributed by atoms with Crippen LogP contribution in [0.15, 0.2) is 36.8 Å². The number of alkyl halides is 3.